The lowest BCUT2D eigenvalue weighted by Crippen LogP contribution is -2.51. The van der Waals surface area contributed by atoms with Crippen LogP contribution in [0, 0.1) is 0 Å². The molecule has 1 saturated heterocycles. The van der Waals surface area contributed by atoms with Gasteiger partial charge in [0.2, 0.25) is 5.91 Å². The molecule has 1 amide bonds. The Morgan fingerprint density at radius 3 is 2.33 bits per heavy atom. The first-order valence-corrected chi connectivity index (χ1v) is 6.29. The van der Waals surface area contributed by atoms with Crippen molar-refractivity contribution in [1.82, 2.24) is 15.1 Å². The molecular weight excluding hydrogens is 234 g/mol. The SMILES string of the molecule is CC(=O)NC(CN1CCC(N(C)C)CC1)C(=O)O. The van der Waals surface area contributed by atoms with Crippen LogP contribution >= 0.6 is 0 Å². The fourth-order valence-corrected chi connectivity index (χ4v) is 2.31. The summed E-state index contributed by atoms with van der Waals surface area (Å²) in [5.74, 6) is -1.27. The number of nitrogens with zero attached hydrogens (tertiary/aromatic N) is 2. The second-order valence-corrected chi connectivity index (χ2v) is 5.09. The summed E-state index contributed by atoms with van der Waals surface area (Å²) in [5, 5.41) is 11.5. The second-order valence-electron chi connectivity index (χ2n) is 5.09. The Bertz CT molecular complexity index is 299. The summed E-state index contributed by atoms with van der Waals surface area (Å²) in [6.07, 6.45) is 2.08. The van der Waals surface area contributed by atoms with E-state index in [9.17, 15) is 9.59 Å². The van der Waals surface area contributed by atoms with Crippen LogP contribution in [0.1, 0.15) is 19.8 Å². The molecule has 0 radical (unpaired) electrons. The van der Waals surface area contributed by atoms with E-state index in [0.717, 1.165) is 25.9 Å². The van der Waals surface area contributed by atoms with Crippen LogP contribution < -0.4 is 5.32 Å². The number of carboxylic acids is 1. The summed E-state index contributed by atoms with van der Waals surface area (Å²) in [5.41, 5.74) is 0. The molecule has 1 fully saturated rings. The van der Waals surface area contributed by atoms with Crippen molar-refractivity contribution in [3.63, 3.8) is 0 Å². The molecule has 1 aliphatic rings. The number of rotatable bonds is 5. The molecule has 6 nitrogen and oxygen atoms in total. The average Bonchev–Trinajstić information content (AvgIpc) is 2.28. The van der Waals surface area contributed by atoms with E-state index in [0.29, 0.717) is 12.6 Å². The van der Waals surface area contributed by atoms with Gasteiger partial charge in [-0.05, 0) is 40.0 Å². The molecule has 0 aromatic carbocycles. The van der Waals surface area contributed by atoms with Crippen molar-refractivity contribution in [3.8, 4) is 0 Å². The highest BCUT2D eigenvalue weighted by atomic mass is 16.4. The third-order valence-corrected chi connectivity index (χ3v) is 3.40. The van der Waals surface area contributed by atoms with Gasteiger partial charge in [0.05, 0.1) is 0 Å². The predicted molar refractivity (Wildman–Crippen MR) is 68.4 cm³/mol. The normalized spacial score (nSPS) is 19.8. The van der Waals surface area contributed by atoms with Crippen LogP contribution in [-0.4, -0.2) is 72.6 Å². The quantitative estimate of drug-likeness (QED) is 0.701. The van der Waals surface area contributed by atoms with E-state index in [2.05, 4.69) is 29.2 Å². The molecule has 0 aromatic heterocycles. The standard InChI is InChI=1S/C12H23N3O3/c1-9(16)13-11(12(17)18)8-15-6-4-10(5-7-15)14(2)3/h10-11H,4-8H2,1-3H3,(H,13,16)(H,17,18). The molecule has 2 N–H and O–H groups in total. The van der Waals surface area contributed by atoms with Crippen LogP contribution in [0.4, 0.5) is 0 Å². The van der Waals surface area contributed by atoms with Gasteiger partial charge in [0.1, 0.15) is 6.04 Å². The fourth-order valence-electron chi connectivity index (χ4n) is 2.31. The summed E-state index contributed by atoms with van der Waals surface area (Å²) in [7, 11) is 4.13. The molecule has 0 aromatic rings. The maximum absolute atomic E-state index is 11.0. The molecule has 104 valence electrons. The summed E-state index contributed by atoms with van der Waals surface area (Å²) < 4.78 is 0. The first kappa shape index (κ1) is 14.9. The monoisotopic (exact) mass is 257 g/mol. The van der Waals surface area contributed by atoms with E-state index in [1.54, 1.807) is 0 Å². The minimum absolute atomic E-state index is 0.300. The number of carbonyl (C=O) groups excluding carboxylic acids is 1. The van der Waals surface area contributed by atoms with Crippen LogP contribution in [0.2, 0.25) is 0 Å². The van der Waals surface area contributed by atoms with Gasteiger partial charge in [-0.1, -0.05) is 0 Å². The van der Waals surface area contributed by atoms with Crippen molar-refractivity contribution < 1.29 is 14.7 Å². The van der Waals surface area contributed by atoms with Gasteiger partial charge in [-0.3, -0.25) is 4.79 Å². The average molecular weight is 257 g/mol. The third-order valence-electron chi connectivity index (χ3n) is 3.40. The van der Waals surface area contributed by atoms with E-state index in [4.69, 9.17) is 5.11 Å². The predicted octanol–water partition coefficient (Wildman–Crippen LogP) is -0.398. The van der Waals surface area contributed by atoms with E-state index in [-0.39, 0.29) is 5.91 Å². The molecular formula is C12H23N3O3. The van der Waals surface area contributed by atoms with E-state index in [1.165, 1.54) is 6.92 Å². The van der Waals surface area contributed by atoms with Crippen LogP contribution in [0.3, 0.4) is 0 Å². The summed E-state index contributed by atoms with van der Waals surface area (Å²) in [4.78, 5) is 26.3. The van der Waals surface area contributed by atoms with Crippen molar-refractivity contribution in [2.75, 3.05) is 33.7 Å². The van der Waals surface area contributed by atoms with Gasteiger partial charge in [-0.25, -0.2) is 4.79 Å². The Morgan fingerprint density at radius 1 is 1.39 bits per heavy atom. The largest absolute Gasteiger partial charge is 0.480 e. The molecule has 1 unspecified atom stereocenters. The van der Waals surface area contributed by atoms with E-state index in [1.807, 2.05) is 0 Å². The van der Waals surface area contributed by atoms with Crippen molar-refractivity contribution in [3.05, 3.63) is 0 Å². The van der Waals surface area contributed by atoms with E-state index >= 15 is 0 Å². The maximum Gasteiger partial charge on any atom is 0.327 e. The van der Waals surface area contributed by atoms with Crippen LogP contribution in [-0.2, 0) is 9.59 Å². The number of aliphatic carboxylic acids is 1. The highest BCUT2D eigenvalue weighted by Gasteiger charge is 2.26. The van der Waals surface area contributed by atoms with Gasteiger partial charge in [-0.2, -0.15) is 0 Å². The Balaban J connectivity index is 2.42. The number of carboxylic acid groups (broad SMARTS) is 1. The topological polar surface area (TPSA) is 72.9 Å². The zero-order chi connectivity index (χ0) is 13.7. The zero-order valence-corrected chi connectivity index (χ0v) is 11.3. The van der Waals surface area contributed by atoms with Crippen molar-refractivity contribution >= 4 is 11.9 Å². The fraction of sp³-hybridized carbons (Fsp3) is 0.833. The van der Waals surface area contributed by atoms with Crippen LogP contribution in [0.25, 0.3) is 0 Å². The summed E-state index contributed by atoms with van der Waals surface area (Å²) in [6, 6.07) is -0.233. The molecule has 0 aliphatic carbocycles. The highest BCUT2D eigenvalue weighted by Crippen LogP contribution is 2.14. The lowest BCUT2D eigenvalue weighted by atomic mass is 10.0. The first-order chi connectivity index (χ1) is 8.40. The van der Waals surface area contributed by atoms with Gasteiger partial charge in [0.15, 0.2) is 0 Å². The molecule has 1 heterocycles. The molecule has 0 saturated carbocycles. The number of amides is 1. The Kier molecular flexibility index (Phi) is 5.55. The number of hydrogen-bond donors (Lipinski definition) is 2. The van der Waals surface area contributed by atoms with Gasteiger partial charge in [0.25, 0.3) is 0 Å². The zero-order valence-electron chi connectivity index (χ0n) is 11.3. The van der Waals surface area contributed by atoms with Crippen LogP contribution in [0.5, 0.6) is 0 Å². The lowest BCUT2D eigenvalue weighted by Gasteiger charge is -2.36. The van der Waals surface area contributed by atoms with Crippen molar-refractivity contribution in [2.45, 2.75) is 31.8 Å². The highest BCUT2D eigenvalue weighted by molar-refractivity contribution is 5.82. The molecule has 1 aliphatic heterocycles. The molecule has 1 rings (SSSR count). The first-order valence-electron chi connectivity index (χ1n) is 6.29. The molecule has 1 atom stereocenters. The molecule has 18 heavy (non-hydrogen) atoms. The van der Waals surface area contributed by atoms with Crippen molar-refractivity contribution in [2.24, 2.45) is 0 Å². The molecule has 6 heteroatoms. The Morgan fingerprint density at radius 2 is 1.94 bits per heavy atom. The number of hydrogen-bond acceptors (Lipinski definition) is 4. The van der Waals surface area contributed by atoms with Crippen molar-refractivity contribution in [1.29, 1.82) is 0 Å². The lowest BCUT2D eigenvalue weighted by molar-refractivity contribution is -0.142. The summed E-state index contributed by atoms with van der Waals surface area (Å²) in [6.45, 7) is 3.49. The number of nitrogens with one attached hydrogen (secondary N) is 1. The van der Waals surface area contributed by atoms with Gasteiger partial charge >= 0.3 is 5.97 Å². The Labute approximate surface area is 108 Å². The maximum atomic E-state index is 11.0. The van der Waals surface area contributed by atoms with Gasteiger partial charge in [0, 0.05) is 19.5 Å². The number of likely N-dealkylation sites (tertiary alicyclic amines) is 1. The minimum atomic E-state index is -0.972. The molecule has 0 bridgehead atoms. The third kappa shape index (κ3) is 4.62. The molecule has 0 spiro atoms. The van der Waals surface area contributed by atoms with Gasteiger partial charge < -0.3 is 20.2 Å². The smallest absolute Gasteiger partial charge is 0.327 e. The van der Waals surface area contributed by atoms with Crippen LogP contribution in [0.15, 0.2) is 0 Å². The summed E-state index contributed by atoms with van der Waals surface area (Å²) >= 11 is 0. The second kappa shape index (κ2) is 6.70. The number of piperidine rings is 1. The van der Waals surface area contributed by atoms with E-state index < -0.39 is 12.0 Å². The minimum Gasteiger partial charge on any atom is -0.480 e. The number of carbonyl (C=O) groups is 2. The Hall–Kier alpha value is -1.14. The van der Waals surface area contributed by atoms with Gasteiger partial charge in [-0.15, -0.1) is 0 Å².